The summed E-state index contributed by atoms with van der Waals surface area (Å²) in [5, 5.41) is 8.68. The first-order valence-corrected chi connectivity index (χ1v) is 12.2. The van der Waals surface area contributed by atoms with Crippen molar-refractivity contribution >= 4 is 0 Å². The van der Waals surface area contributed by atoms with Gasteiger partial charge in [0.2, 0.25) is 0 Å². The Morgan fingerprint density at radius 1 is 0.308 bits per heavy atom. The van der Waals surface area contributed by atoms with Crippen LogP contribution in [0.4, 0.5) is 0 Å². The summed E-state index contributed by atoms with van der Waals surface area (Å²) < 4.78 is 0. The van der Waals surface area contributed by atoms with Crippen LogP contribution in [0.25, 0.3) is 0 Å². The molecule has 2 heteroatoms. The number of unbranched alkanes of at least 4 members (excludes halogenated alkanes) is 18. The minimum absolute atomic E-state index is 0.953. The number of rotatable bonds is 22. The van der Waals surface area contributed by atoms with Crippen LogP contribution in [-0.4, -0.2) is 13.1 Å². The van der Waals surface area contributed by atoms with E-state index in [4.69, 9.17) is 0 Å². The molecule has 0 fully saturated rings. The second kappa shape index (κ2) is 24.6. The van der Waals surface area contributed by atoms with Crippen LogP contribution in [0.1, 0.15) is 142 Å². The fourth-order valence-electron chi connectivity index (χ4n) is 3.48. The zero-order chi connectivity index (χ0) is 19.0. The van der Waals surface area contributed by atoms with Gasteiger partial charge in [-0.25, -0.2) is 0 Å². The molecule has 0 aromatic heterocycles. The Kier molecular flexibility index (Phi) is 24.2. The average Bonchev–Trinajstić information content (AvgIpc) is 2.66. The Hall–Kier alpha value is -0.400. The smallest absolute Gasteiger partial charge is 0.0598 e. The first kappa shape index (κ1) is 25.6. The highest BCUT2D eigenvalue weighted by atomic mass is 15.1. The molecular weight excluding hydrogens is 316 g/mol. The number of hydrogen-bond donors (Lipinski definition) is 0. The molecule has 0 radical (unpaired) electrons. The van der Waals surface area contributed by atoms with Gasteiger partial charge in [-0.2, -0.15) is 10.2 Å². The predicted octanol–water partition coefficient (Wildman–Crippen LogP) is 9.28. The molecule has 0 atom stereocenters. The highest BCUT2D eigenvalue weighted by molar-refractivity contribution is 4.51. The van der Waals surface area contributed by atoms with Crippen molar-refractivity contribution in [2.45, 2.75) is 142 Å². The lowest BCUT2D eigenvalue weighted by molar-refractivity contribution is 0.551. The van der Waals surface area contributed by atoms with E-state index in [9.17, 15) is 0 Å². The summed E-state index contributed by atoms with van der Waals surface area (Å²) in [5.74, 6) is 0. The van der Waals surface area contributed by atoms with Crippen LogP contribution in [0, 0.1) is 0 Å². The largest absolute Gasteiger partial charge is 0.194 e. The Morgan fingerprint density at radius 3 is 0.808 bits per heavy atom. The number of hydrogen-bond acceptors (Lipinski definition) is 2. The first-order valence-electron chi connectivity index (χ1n) is 12.2. The van der Waals surface area contributed by atoms with Gasteiger partial charge in [0.15, 0.2) is 0 Å². The maximum absolute atomic E-state index is 4.34. The molecule has 0 aromatic carbocycles. The molecule has 0 aromatic rings. The van der Waals surface area contributed by atoms with Gasteiger partial charge in [-0.15, -0.1) is 0 Å². The fourth-order valence-corrected chi connectivity index (χ4v) is 3.48. The van der Waals surface area contributed by atoms with Crippen LogP contribution in [0.5, 0.6) is 0 Å². The second-order valence-electron chi connectivity index (χ2n) is 8.09. The molecule has 0 rings (SSSR count). The molecule has 0 unspecified atom stereocenters. The Morgan fingerprint density at radius 2 is 0.538 bits per heavy atom. The van der Waals surface area contributed by atoms with Crippen LogP contribution in [-0.2, 0) is 0 Å². The van der Waals surface area contributed by atoms with Gasteiger partial charge in [-0.05, 0) is 12.8 Å². The lowest BCUT2D eigenvalue weighted by atomic mass is 10.1. The minimum Gasteiger partial charge on any atom is -0.194 e. The standard InChI is InChI=1S/C24H50N2/c1-3-5-7-9-11-13-15-17-19-21-23-25-26-24-22-20-18-16-14-12-10-8-6-4-2/h3-24H2,1-2H3. The van der Waals surface area contributed by atoms with Gasteiger partial charge >= 0.3 is 0 Å². The Labute approximate surface area is 166 Å². The van der Waals surface area contributed by atoms with Crippen molar-refractivity contribution < 1.29 is 0 Å². The van der Waals surface area contributed by atoms with Crippen molar-refractivity contribution in [1.29, 1.82) is 0 Å². The maximum Gasteiger partial charge on any atom is 0.0598 e. The van der Waals surface area contributed by atoms with Crippen molar-refractivity contribution in [2.75, 3.05) is 13.1 Å². The van der Waals surface area contributed by atoms with Crippen LogP contribution in [0.2, 0.25) is 0 Å². The molecule has 0 bridgehead atoms. The van der Waals surface area contributed by atoms with Crippen molar-refractivity contribution in [1.82, 2.24) is 0 Å². The van der Waals surface area contributed by atoms with E-state index < -0.39 is 0 Å². The molecule has 0 saturated heterocycles. The zero-order valence-electron chi connectivity index (χ0n) is 18.5. The van der Waals surface area contributed by atoms with Crippen LogP contribution in [0.3, 0.4) is 0 Å². The summed E-state index contributed by atoms with van der Waals surface area (Å²) >= 11 is 0. The van der Waals surface area contributed by atoms with Gasteiger partial charge in [0.1, 0.15) is 0 Å². The first-order chi connectivity index (χ1) is 12.9. The Balaban J connectivity index is 3.04. The molecule has 0 aliphatic rings. The topological polar surface area (TPSA) is 24.7 Å². The molecule has 156 valence electrons. The summed E-state index contributed by atoms with van der Waals surface area (Å²) in [6.07, 6.45) is 27.8. The fraction of sp³-hybridized carbons (Fsp3) is 1.00. The maximum atomic E-state index is 4.34. The van der Waals surface area contributed by atoms with E-state index in [0.717, 1.165) is 13.1 Å². The quantitative estimate of drug-likeness (QED) is 0.135. The molecule has 26 heavy (non-hydrogen) atoms. The number of nitrogens with zero attached hydrogens (tertiary/aromatic N) is 2. The Bertz CT molecular complexity index is 237. The molecule has 0 saturated carbocycles. The van der Waals surface area contributed by atoms with Crippen molar-refractivity contribution in [2.24, 2.45) is 10.2 Å². The van der Waals surface area contributed by atoms with Gasteiger partial charge < -0.3 is 0 Å². The van der Waals surface area contributed by atoms with E-state index in [-0.39, 0.29) is 0 Å². The van der Waals surface area contributed by atoms with E-state index in [1.807, 2.05) is 0 Å². The second-order valence-corrected chi connectivity index (χ2v) is 8.09. The third-order valence-electron chi connectivity index (χ3n) is 5.32. The third-order valence-corrected chi connectivity index (χ3v) is 5.32. The molecule has 2 nitrogen and oxygen atoms in total. The summed E-state index contributed by atoms with van der Waals surface area (Å²) in [6.45, 7) is 6.48. The SMILES string of the molecule is CCCCCCCCCCCCN=NCCCCCCCCCCCC. The normalized spacial score (nSPS) is 11.6. The highest BCUT2D eigenvalue weighted by Gasteiger charge is 1.93. The van der Waals surface area contributed by atoms with Crippen molar-refractivity contribution in [3.05, 3.63) is 0 Å². The predicted molar refractivity (Wildman–Crippen MR) is 118 cm³/mol. The molecule has 0 aliphatic carbocycles. The van der Waals surface area contributed by atoms with E-state index >= 15 is 0 Å². The van der Waals surface area contributed by atoms with Crippen molar-refractivity contribution in [3.63, 3.8) is 0 Å². The van der Waals surface area contributed by atoms with E-state index in [0.29, 0.717) is 0 Å². The molecule has 0 spiro atoms. The average molecular weight is 367 g/mol. The molecule has 0 heterocycles. The van der Waals surface area contributed by atoms with Crippen LogP contribution < -0.4 is 0 Å². The molecule has 0 aliphatic heterocycles. The van der Waals surface area contributed by atoms with Crippen LogP contribution >= 0.6 is 0 Å². The number of azo groups is 1. The monoisotopic (exact) mass is 366 g/mol. The van der Waals surface area contributed by atoms with Gasteiger partial charge in [-0.1, -0.05) is 129 Å². The van der Waals surface area contributed by atoms with E-state index in [1.54, 1.807) is 0 Å². The van der Waals surface area contributed by atoms with Gasteiger partial charge in [-0.3, -0.25) is 0 Å². The van der Waals surface area contributed by atoms with Gasteiger partial charge in [0.05, 0.1) is 13.1 Å². The summed E-state index contributed by atoms with van der Waals surface area (Å²) in [7, 11) is 0. The zero-order valence-corrected chi connectivity index (χ0v) is 18.5. The third kappa shape index (κ3) is 23.6. The van der Waals surface area contributed by atoms with E-state index in [1.165, 1.54) is 128 Å². The van der Waals surface area contributed by atoms with Crippen LogP contribution in [0.15, 0.2) is 10.2 Å². The van der Waals surface area contributed by atoms with Gasteiger partial charge in [0, 0.05) is 0 Å². The molecule has 0 N–H and O–H groups in total. The molecule has 0 amide bonds. The minimum atomic E-state index is 0.953. The van der Waals surface area contributed by atoms with Gasteiger partial charge in [0.25, 0.3) is 0 Å². The summed E-state index contributed by atoms with van der Waals surface area (Å²) in [5.41, 5.74) is 0. The molecular formula is C24H50N2. The highest BCUT2D eigenvalue weighted by Crippen LogP contribution is 2.11. The lowest BCUT2D eigenvalue weighted by Crippen LogP contribution is -1.86. The van der Waals surface area contributed by atoms with E-state index in [2.05, 4.69) is 24.1 Å². The summed E-state index contributed by atoms with van der Waals surface area (Å²) in [4.78, 5) is 0. The van der Waals surface area contributed by atoms with Crippen molar-refractivity contribution in [3.8, 4) is 0 Å². The summed E-state index contributed by atoms with van der Waals surface area (Å²) in [6, 6.07) is 0. The lowest BCUT2D eigenvalue weighted by Gasteiger charge is -2.01.